The second-order valence-electron chi connectivity index (χ2n) is 6.20. The Bertz CT molecular complexity index is 1090. The van der Waals surface area contributed by atoms with Gasteiger partial charge in [-0.1, -0.05) is 42.5 Å². The van der Waals surface area contributed by atoms with E-state index < -0.39 is 11.5 Å². The molecule has 6 heteroatoms. The molecule has 0 unspecified atom stereocenters. The first kappa shape index (κ1) is 19.2. The number of hydrogen-bond acceptors (Lipinski definition) is 4. The third-order valence-electron chi connectivity index (χ3n) is 4.22. The summed E-state index contributed by atoms with van der Waals surface area (Å²) in [5, 5.41) is 4.34. The van der Waals surface area contributed by atoms with Crippen LogP contribution in [0.15, 0.2) is 65.5 Å². The molecule has 0 fully saturated rings. The molecule has 0 bridgehead atoms. The van der Waals surface area contributed by atoms with Crippen molar-refractivity contribution in [2.45, 2.75) is 13.5 Å². The van der Waals surface area contributed by atoms with E-state index in [2.05, 4.69) is 5.10 Å². The summed E-state index contributed by atoms with van der Waals surface area (Å²) in [6.07, 6.45) is 3.64. The average Bonchev–Trinajstić information content (AvgIpc) is 2.71. The molecule has 5 nitrogen and oxygen atoms in total. The molecule has 0 saturated heterocycles. The highest BCUT2D eigenvalue weighted by molar-refractivity contribution is 5.90. The molecule has 0 aliphatic carbocycles. The Morgan fingerprint density at radius 2 is 1.93 bits per heavy atom. The van der Waals surface area contributed by atoms with Crippen LogP contribution in [-0.4, -0.2) is 22.9 Å². The summed E-state index contributed by atoms with van der Waals surface area (Å²) in [6, 6.07) is 15.5. The van der Waals surface area contributed by atoms with Crippen molar-refractivity contribution in [2.24, 2.45) is 0 Å². The van der Waals surface area contributed by atoms with E-state index >= 15 is 0 Å². The number of halogens is 1. The summed E-state index contributed by atoms with van der Waals surface area (Å²) in [5.74, 6) is -1.08. The first-order chi connectivity index (χ1) is 13.5. The molecule has 28 heavy (non-hydrogen) atoms. The van der Waals surface area contributed by atoms with Gasteiger partial charge in [-0.3, -0.25) is 4.79 Å². The Morgan fingerprint density at radius 3 is 2.61 bits per heavy atom. The number of hydrogen-bond donors (Lipinski definition) is 0. The summed E-state index contributed by atoms with van der Waals surface area (Å²) in [4.78, 5) is 24.7. The van der Waals surface area contributed by atoms with Gasteiger partial charge in [0.1, 0.15) is 11.4 Å². The van der Waals surface area contributed by atoms with E-state index in [1.54, 1.807) is 25.1 Å². The highest BCUT2D eigenvalue weighted by Crippen LogP contribution is 2.20. The van der Waals surface area contributed by atoms with Crippen molar-refractivity contribution in [1.29, 1.82) is 0 Å². The molecule has 3 aromatic rings. The van der Waals surface area contributed by atoms with Crippen molar-refractivity contribution in [3.63, 3.8) is 0 Å². The molecular formula is C22H19FN2O3. The van der Waals surface area contributed by atoms with Crippen molar-refractivity contribution in [2.75, 3.05) is 7.11 Å². The molecule has 1 aromatic heterocycles. The van der Waals surface area contributed by atoms with E-state index in [1.807, 2.05) is 36.4 Å². The van der Waals surface area contributed by atoms with E-state index in [9.17, 15) is 14.0 Å². The third-order valence-corrected chi connectivity index (χ3v) is 4.22. The van der Waals surface area contributed by atoms with Crippen LogP contribution in [0.2, 0.25) is 0 Å². The molecule has 0 N–H and O–H groups in total. The highest BCUT2D eigenvalue weighted by atomic mass is 19.1. The highest BCUT2D eigenvalue weighted by Gasteiger charge is 2.17. The number of benzene rings is 2. The third kappa shape index (κ3) is 4.23. The van der Waals surface area contributed by atoms with E-state index in [1.165, 1.54) is 23.9 Å². The number of allylic oxidation sites excluding steroid dienone is 1. The SMILES string of the molecule is COC(=O)c1cc(-c2ccc(F)c(C)c2)nn(CC=Cc2ccccc2)c1=O. The largest absolute Gasteiger partial charge is 0.465 e. The van der Waals surface area contributed by atoms with Crippen LogP contribution < -0.4 is 5.56 Å². The Morgan fingerprint density at radius 1 is 1.18 bits per heavy atom. The van der Waals surface area contributed by atoms with Gasteiger partial charge in [0.05, 0.1) is 19.3 Å². The Kier molecular flexibility index (Phi) is 5.79. The lowest BCUT2D eigenvalue weighted by molar-refractivity contribution is 0.0597. The number of methoxy groups -OCH3 is 1. The van der Waals surface area contributed by atoms with Gasteiger partial charge in [-0.15, -0.1) is 0 Å². The maximum Gasteiger partial charge on any atom is 0.343 e. The number of carbonyl (C=O) groups is 1. The van der Waals surface area contributed by atoms with Gasteiger partial charge in [0.2, 0.25) is 0 Å². The second kappa shape index (κ2) is 8.43. The van der Waals surface area contributed by atoms with Crippen LogP contribution in [0.4, 0.5) is 4.39 Å². The number of carbonyl (C=O) groups excluding carboxylic acids is 1. The molecule has 2 aromatic carbocycles. The fraction of sp³-hybridized carbons (Fsp3) is 0.136. The molecule has 0 radical (unpaired) electrons. The zero-order valence-corrected chi connectivity index (χ0v) is 15.6. The van der Waals surface area contributed by atoms with Crippen LogP contribution in [-0.2, 0) is 11.3 Å². The summed E-state index contributed by atoms with van der Waals surface area (Å²) >= 11 is 0. The zero-order chi connectivity index (χ0) is 20.1. The van der Waals surface area contributed by atoms with Gasteiger partial charge < -0.3 is 4.74 Å². The van der Waals surface area contributed by atoms with Crippen LogP contribution in [0.3, 0.4) is 0 Å². The summed E-state index contributed by atoms with van der Waals surface area (Å²) in [6.45, 7) is 1.81. The van der Waals surface area contributed by atoms with Crippen LogP contribution in [0.5, 0.6) is 0 Å². The van der Waals surface area contributed by atoms with Gasteiger partial charge in [0.25, 0.3) is 5.56 Å². The predicted molar refractivity (Wildman–Crippen MR) is 105 cm³/mol. The topological polar surface area (TPSA) is 61.2 Å². The van der Waals surface area contributed by atoms with E-state index in [0.29, 0.717) is 16.8 Å². The fourth-order valence-electron chi connectivity index (χ4n) is 2.72. The quantitative estimate of drug-likeness (QED) is 0.633. The lowest BCUT2D eigenvalue weighted by Crippen LogP contribution is -2.29. The van der Waals surface area contributed by atoms with Crippen molar-refractivity contribution in [1.82, 2.24) is 9.78 Å². The van der Waals surface area contributed by atoms with Gasteiger partial charge in [-0.2, -0.15) is 5.10 Å². The van der Waals surface area contributed by atoms with Gasteiger partial charge in [-0.25, -0.2) is 13.9 Å². The van der Waals surface area contributed by atoms with Crippen molar-refractivity contribution >= 4 is 12.0 Å². The molecule has 0 aliphatic heterocycles. The first-order valence-electron chi connectivity index (χ1n) is 8.68. The minimum Gasteiger partial charge on any atom is -0.465 e. The van der Waals surface area contributed by atoms with E-state index in [0.717, 1.165) is 5.56 Å². The van der Waals surface area contributed by atoms with Crippen LogP contribution in [0, 0.1) is 12.7 Å². The van der Waals surface area contributed by atoms with Gasteiger partial charge >= 0.3 is 5.97 Å². The van der Waals surface area contributed by atoms with Crippen LogP contribution in [0.25, 0.3) is 17.3 Å². The van der Waals surface area contributed by atoms with Crippen molar-refractivity contribution in [3.8, 4) is 11.3 Å². The molecular weight excluding hydrogens is 359 g/mol. The molecule has 0 amide bonds. The monoisotopic (exact) mass is 378 g/mol. The first-order valence-corrected chi connectivity index (χ1v) is 8.68. The second-order valence-corrected chi connectivity index (χ2v) is 6.20. The van der Waals surface area contributed by atoms with Crippen molar-refractivity contribution < 1.29 is 13.9 Å². The summed E-state index contributed by atoms with van der Waals surface area (Å²) in [7, 11) is 1.21. The number of rotatable bonds is 5. The predicted octanol–water partition coefficient (Wildman–Crippen LogP) is 3.86. The minimum absolute atomic E-state index is 0.123. The lowest BCUT2D eigenvalue weighted by atomic mass is 10.1. The van der Waals surface area contributed by atoms with Gasteiger partial charge in [0.15, 0.2) is 0 Å². The fourth-order valence-corrected chi connectivity index (χ4v) is 2.72. The number of aryl methyl sites for hydroxylation is 1. The molecule has 0 spiro atoms. The van der Waals surface area contributed by atoms with E-state index in [4.69, 9.17) is 4.74 Å². The van der Waals surface area contributed by atoms with Gasteiger partial charge in [0, 0.05) is 5.56 Å². The number of ether oxygens (including phenoxy) is 1. The van der Waals surface area contributed by atoms with Gasteiger partial charge in [-0.05, 0) is 42.3 Å². The van der Waals surface area contributed by atoms with Crippen LogP contribution >= 0.6 is 0 Å². The molecule has 3 rings (SSSR count). The smallest absolute Gasteiger partial charge is 0.343 e. The number of nitrogens with zero attached hydrogens (tertiary/aromatic N) is 2. The average molecular weight is 378 g/mol. The summed E-state index contributed by atoms with van der Waals surface area (Å²) < 4.78 is 19.5. The molecule has 0 aliphatic rings. The Hall–Kier alpha value is -3.54. The standard InChI is InChI=1S/C22H19FN2O3/c1-15-13-17(10-11-19(15)23)20-14-18(22(27)28-2)21(26)25(24-20)12-6-9-16-7-4-3-5-8-16/h3-11,13-14H,12H2,1-2H3. The molecule has 0 atom stereocenters. The maximum absolute atomic E-state index is 13.6. The van der Waals surface area contributed by atoms with E-state index in [-0.39, 0.29) is 17.9 Å². The van der Waals surface area contributed by atoms with Crippen LogP contribution in [0.1, 0.15) is 21.5 Å². The normalized spacial score (nSPS) is 11.0. The van der Waals surface area contributed by atoms with Crippen molar-refractivity contribution in [3.05, 3.63) is 93.5 Å². The number of esters is 1. The Labute approximate surface area is 161 Å². The lowest BCUT2D eigenvalue weighted by Gasteiger charge is -2.09. The zero-order valence-electron chi connectivity index (χ0n) is 15.6. The summed E-state index contributed by atoms with van der Waals surface area (Å²) in [5.41, 5.74) is 1.74. The Balaban J connectivity index is 2.02. The molecule has 0 saturated carbocycles. The molecule has 1 heterocycles. The number of aromatic nitrogens is 2. The minimum atomic E-state index is -0.742. The molecule has 142 valence electrons. The maximum atomic E-state index is 13.6.